The van der Waals surface area contributed by atoms with Crippen LogP contribution < -0.4 is 5.73 Å². The van der Waals surface area contributed by atoms with Gasteiger partial charge in [-0.1, -0.05) is 13.8 Å². The Labute approximate surface area is 133 Å². The molecule has 0 radical (unpaired) electrons. The number of nitrogens with two attached hydrogens (primary N) is 1. The summed E-state index contributed by atoms with van der Waals surface area (Å²) in [5, 5.41) is 8.88. The van der Waals surface area contributed by atoms with E-state index in [1.807, 2.05) is 19.9 Å². The van der Waals surface area contributed by atoms with Gasteiger partial charge >= 0.3 is 0 Å². The molecule has 1 rings (SSSR count). The number of nitrogens with zero attached hydrogens (tertiary/aromatic N) is 2. The molecule has 1 aromatic carbocycles. The molecule has 0 fully saturated rings. The Morgan fingerprint density at radius 1 is 1.38 bits per heavy atom. The average molecular weight is 332 g/mol. The van der Waals surface area contributed by atoms with E-state index in [4.69, 9.17) is 11.0 Å². The van der Waals surface area contributed by atoms with Crippen molar-refractivity contribution in [3.05, 3.63) is 29.3 Å². The summed E-state index contributed by atoms with van der Waals surface area (Å²) in [5.74, 6) is 0. The minimum atomic E-state index is -3.56. The molecule has 0 atom stereocenters. The third-order valence-electron chi connectivity index (χ3n) is 3.23. The van der Waals surface area contributed by atoms with Crippen LogP contribution in [0.15, 0.2) is 23.1 Å². The molecule has 0 saturated heterocycles. The third-order valence-corrected chi connectivity index (χ3v) is 5.03. The summed E-state index contributed by atoms with van der Waals surface area (Å²) in [6, 6.07) is 6.55. The number of rotatable bonds is 5. The fourth-order valence-electron chi connectivity index (χ4n) is 1.85. The van der Waals surface area contributed by atoms with Crippen LogP contribution in [0.3, 0.4) is 0 Å². The van der Waals surface area contributed by atoms with Crippen molar-refractivity contribution in [2.75, 3.05) is 20.1 Å². The van der Waals surface area contributed by atoms with Gasteiger partial charge in [0, 0.05) is 13.6 Å². The number of nitriles is 1. The summed E-state index contributed by atoms with van der Waals surface area (Å²) in [4.78, 5) is 0.198. The predicted octanol–water partition coefficient (Wildman–Crippen LogP) is 1.89. The van der Waals surface area contributed by atoms with Crippen LogP contribution in [0.2, 0.25) is 0 Å². The molecule has 0 saturated carbocycles. The van der Waals surface area contributed by atoms with Crippen molar-refractivity contribution in [3.8, 4) is 6.07 Å². The number of aryl methyl sites for hydroxylation is 1. The molecule has 0 spiro atoms. The third kappa shape index (κ3) is 4.68. The molecule has 0 aliphatic heterocycles. The zero-order chi connectivity index (χ0) is 15.6. The van der Waals surface area contributed by atoms with E-state index >= 15 is 0 Å². The quantitative estimate of drug-likeness (QED) is 0.892. The first-order valence-electron chi connectivity index (χ1n) is 6.31. The van der Waals surface area contributed by atoms with E-state index in [0.29, 0.717) is 24.2 Å². The molecule has 2 N–H and O–H groups in total. The van der Waals surface area contributed by atoms with Crippen LogP contribution in [-0.2, 0) is 10.0 Å². The highest BCUT2D eigenvalue weighted by Crippen LogP contribution is 2.22. The Hall–Kier alpha value is -1.13. The van der Waals surface area contributed by atoms with E-state index < -0.39 is 10.0 Å². The van der Waals surface area contributed by atoms with Crippen LogP contribution in [0, 0.1) is 23.7 Å². The highest BCUT2D eigenvalue weighted by molar-refractivity contribution is 7.89. The van der Waals surface area contributed by atoms with E-state index in [-0.39, 0.29) is 22.7 Å². The largest absolute Gasteiger partial charge is 0.330 e. The maximum absolute atomic E-state index is 12.5. The van der Waals surface area contributed by atoms with Crippen LogP contribution in [0.1, 0.15) is 25.0 Å². The normalized spacial score (nSPS) is 11.9. The molecule has 21 heavy (non-hydrogen) atoms. The first kappa shape index (κ1) is 19.9. The van der Waals surface area contributed by atoms with Gasteiger partial charge in [-0.2, -0.15) is 5.26 Å². The SMILES string of the molecule is Cc1cc(S(=O)(=O)N(C)CC(C)(C)CN)ccc1C#N.Cl. The van der Waals surface area contributed by atoms with Gasteiger partial charge in [-0.25, -0.2) is 12.7 Å². The Kier molecular flexibility index (Phi) is 6.84. The molecule has 0 unspecified atom stereocenters. The lowest BCUT2D eigenvalue weighted by molar-refractivity contribution is 0.292. The smallest absolute Gasteiger partial charge is 0.242 e. The molecular formula is C14H22ClN3O2S. The topological polar surface area (TPSA) is 87.2 Å². The molecule has 1 aromatic rings. The Morgan fingerprint density at radius 3 is 2.38 bits per heavy atom. The summed E-state index contributed by atoms with van der Waals surface area (Å²) in [6.07, 6.45) is 0. The highest BCUT2D eigenvalue weighted by atomic mass is 35.5. The first-order valence-corrected chi connectivity index (χ1v) is 7.75. The van der Waals surface area contributed by atoms with Crippen molar-refractivity contribution in [1.82, 2.24) is 4.31 Å². The van der Waals surface area contributed by atoms with Gasteiger partial charge in [-0.05, 0) is 42.6 Å². The molecule has 0 bridgehead atoms. The number of halogens is 1. The van der Waals surface area contributed by atoms with Crippen molar-refractivity contribution < 1.29 is 8.42 Å². The second-order valence-corrected chi connectivity index (χ2v) is 7.76. The fourth-order valence-corrected chi connectivity index (χ4v) is 3.30. The Bertz CT molecular complexity index is 636. The molecule has 0 aliphatic rings. The predicted molar refractivity (Wildman–Crippen MR) is 85.8 cm³/mol. The molecule has 0 aromatic heterocycles. The standard InChI is InChI=1S/C14H21N3O2S.ClH/c1-11-7-13(6-5-12(11)8-15)20(18,19)17(4)10-14(2,3)9-16;/h5-7H,9-10,16H2,1-4H3;1H. The molecule has 118 valence electrons. The molecule has 0 amide bonds. The van der Waals surface area contributed by atoms with Crippen LogP contribution in [-0.4, -0.2) is 32.9 Å². The van der Waals surface area contributed by atoms with Crippen molar-refractivity contribution >= 4 is 22.4 Å². The van der Waals surface area contributed by atoms with Gasteiger partial charge < -0.3 is 5.73 Å². The highest BCUT2D eigenvalue weighted by Gasteiger charge is 2.27. The number of hydrogen-bond acceptors (Lipinski definition) is 4. The fraction of sp³-hybridized carbons (Fsp3) is 0.500. The summed E-state index contributed by atoms with van der Waals surface area (Å²) in [6.45, 7) is 6.30. The second-order valence-electron chi connectivity index (χ2n) is 5.72. The van der Waals surface area contributed by atoms with Crippen molar-refractivity contribution in [1.29, 1.82) is 5.26 Å². The molecule has 7 heteroatoms. The maximum atomic E-state index is 12.5. The maximum Gasteiger partial charge on any atom is 0.242 e. The lowest BCUT2D eigenvalue weighted by atomic mass is 9.94. The van der Waals surface area contributed by atoms with Crippen LogP contribution >= 0.6 is 12.4 Å². The van der Waals surface area contributed by atoms with Gasteiger partial charge in [0.2, 0.25) is 10.0 Å². The lowest BCUT2D eigenvalue weighted by Crippen LogP contribution is -2.39. The summed E-state index contributed by atoms with van der Waals surface area (Å²) >= 11 is 0. The van der Waals surface area contributed by atoms with Crippen molar-refractivity contribution in [2.24, 2.45) is 11.1 Å². The van der Waals surface area contributed by atoms with E-state index in [2.05, 4.69) is 0 Å². The van der Waals surface area contributed by atoms with E-state index in [9.17, 15) is 8.42 Å². The zero-order valence-corrected chi connectivity index (χ0v) is 14.4. The van der Waals surface area contributed by atoms with Gasteiger partial charge in [0.05, 0.1) is 16.5 Å². The summed E-state index contributed by atoms with van der Waals surface area (Å²) < 4.78 is 26.3. The Balaban J connectivity index is 0.00000400. The van der Waals surface area contributed by atoms with Crippen LogP contribution in [0.25, 0.3) is 0 Å². The minimum absolute atomic E-state index is 0. The Morgan fingerprint density at radius 2 is 1.95 bits per heavy atom. The lowest BCUT2D eigenvalue weighted by Gasteiger charge is -2.28. The van der Waals surface area contributed by atoms with Gasteiger partial charge in [-0.15, -0.1) is 12.4 Å². The van der Waals surface area contributed by atoms with Gasteiger partial charge in [-0.3, -0.25) is 0 Å². The van der Waals surface area contributed by atoms with E-state index in [1.165, 1.54) is 22.5 Å². The number of benzene rings is 1. The second kappa shape index (κ2) is 7.23. The summed E-state index contributed by atoms with van der Waals surface area (Å²) in [7, 11) is -2.02. The van der Waals surface area contributed by atoms with Crippen LogP contribution in [0.5, 0.6) is 0 Å². The molecule has 0 heterocycles. The van der Waals surface area contributed by atoms with Crippen LogP contribution in [0.4, 0.5) is 0 Å². The number of sulfonamides is 1. The molecular weight excluding hydrogens is 310 g/mol. The average Bonchev–Trinajstić information content (AvgIpc) is 2.38. The van der Waals surface area contributed by atoms with Gasteiger partial charge in [0.15, 0.2) is 0 Å². The van der Waals surface area contributed by atoms with E-state index in [1.54, 1.807) is 14.0 Å². The first-order chi connectivity index (χ1) is 9.14. The van der Waals surface area contributed by atoms with Gasteiger partial charge in [0.25, 0.3) is 0 Å². The zero-order valence-electron chi connectivity index (χ0n) is 12.8. The molecule has 0 aliphatic carbocycles. The monoisotopic (exact) mass is 331 g/mol. The number of hydrogen-bond donors (Lipinski definition) is 1. The molecule has 5 nitrogen and oxygen atoms in total. The van der Waals surface area contributed by atoms with Gasteiger partial charge in [0.1, 0.15) is 0 Å². The van der Waals surface area contributed by atoms with E-state index in [0.717, 1.165) is 0 Å². The van der Waals surface area contributed by atoms with Crippen molar-refractivity contribution in [3.63, 3.8) is 0 Å². The minimum Gasteiger partial charge on any atom is -0.330 e. The van der Waals surface area contributed by atoms with Crippen molar-refractivity contribution in [2.45, 2.75) is 25.7 Å². The summed E-state index contributed by atoms with van der Waals surface area (Å²) in [5.41, 5.74) is 6.49.